The second-order valence-corrected chi connectivity index (χ2v) is 7.99. The van der Waals surface area contributed by atoms with Crippen LogP contribution in [0.15, 0.2) is 24.9 Å². The second-order valence-electron chi connectivity index (χ2n) is 7.99. The van der Waals surface area contributed by atoms with E-state index in [2.05, 4.69) is 54.7 Å². The van der Waals surface area contributed by atoms with Crippen molar-refractivity contribution in [1.29, 1.82) is 0 Å². The summed E-state index contributed by atoms with van der Waals surface area (Å²) in [6.07, 6.45) is 5.22. The maximum Gasteiger partial charge on any atom is 0.163 e. The molecule has 27 heavy (non-hydrogen) atoms. The number of nitrogens with zero attached hydrogens (tertiary/aromatic N) is 8. The molecule has 8 heteroatoms. The molecule has 3 aromatic heterocycles. The minimum Gasteiger partial charge on any atom is -0.356 e. The molecule has 2 aliphatic heterocycles. The van der Waals surface area contributed by atoms with E-state index >= 15 is 0 Å². The Labute approximate surface area is 158 Å². The Kier molecular flexibility index (Phi) is 3.73. The molecule has 5 rings (SSSR count). The molecule has 2 unspecified atom stereocenters. The molecule has 2 atom stereocenters. The van der Waals surface area contributed by atoms with E-state index in [-0.39, 0.29) is 0 Å². The first-order chi connectivity index (χ1) is 13.1. The van der Waals surface area contributed by atoms with Gasteiger partial charge in [0.1, 0.15) is 24.3 Å². The van der Waals surface area contributed by atoms with Gasteiger partial charge in [0.15, 0.2) is 5.65 Å². The van der Waals surface area contributed by atoms with Crippen molar-refractivity contribution in [3.05, 3.63) is 30.6 Å². The molecule has 0 bridgehead atoms. The summed E-state index contributed by atoms with van der Waals surface area (Å²) < 4.78 is 1.81. The monoisotopic (exact) mass is 364 g/mol. The predicted octanol–water partition coefficient (Wildman–Crippen LogP) is 1.85. The molecule has 2 saturated heterocycles. The van der Waals surface area contributed by atoms with Crippen LogP contribution in [0.3, 0.4) is 0 Å². The van der Waals surface area contributed by atoms with Crippen molar-refractivity contribution in [2.24, 2.45) is 18.9 Å². The van der Waals surface area contributed by atoms with Crippen molar-refractivity contribution in [1.82, 2.24) is 29.7 Å². The summed E-state index contributed by atoms with van der Waals surface area (Å²) in [5.74, 6) is 3.75. The van der Waals surface area contributed by atoms with E-state index in [1.807, 2.05) is 13.2 Å². The molecule has 0 saturated carbocycles. The van der Waals surface area contributed by atoms with Gasteiger partial charge in [-0.15, -0.1) is 0 Å². The van der Waals surface area contributed by atoms with Crippen LogP contribution in [0.1, 0.15) is 25.5 Å². The van der Waals surface area contributed by atoms with Gasteiger partial charge in [-0.3, -0.25) is 4.68 Å². The largest absolute Gasteiger partial charge is 0.356 e. The maximum atomic E-state index is 4.56. The van der Waals surface area contributed by atoms with Gasteiger partial charge in [0, 0.05) is 56.8 Å². The lowest BCUT2D eigenvalue weighted by Gasteiger charge is -2.23. The Morgan fingerprint density at radius 2 is 1.63 bits per heavy atom. The molecule has 2 aliphatic rings. The topological polar surface area (TPSA) is 75.9 Å². The number of aromatic nitrogens is 6. The van der Waals surface area contributed by atoms with Crippen LogP contribution in [0.25, 0.3) is 11.0 Å². The SMILES string of the molecule is CC(C)c1cc(N2CC3CN(c4ncnc5c4cnn5C)CC3C2)ncn1. The van der Waals surface area contributed by atoms with Gasteiger partial charge in [-0.25, -0.2) is 19.9 Å². The molecular formula is C19H24N8. The first-order valence-electron chi connectivity index (χ1n) is 9.54. The summed E-state index contributed by atoms with van der Waals surface area (Å²) in [7, 11) is 1.92. The van der Waals surface area contributed by atoms with Crippen molar-refractivity contribution >= 4 is 22.7 Å². The zero-order valence-corrected chi connectivity index (χ0v) is 15.9. The summed E-state index contributed by atoms with van der Waals surface area (Å²) in [6, 6.07) is 2.15. The lowest BCUT2D eigenvalue weighted by Crippen LogP contribution is -2.29. The van der Waals surface area contributed by atoms with E-state index in [4.69, 9.17) is 0 Å². The van der Waals surface area contributed by atoms with Crippen molar-refractivity contribution < 1.29 is 0 Å². The molecule has 0 N–H and O–H groups in total. The number of fused-ring (bicyclic) bond motifs is 2. The fraction of sp³-hybridized carbons (Fsp3) is 0.526. The van der Waals surface area contributed by atoms with Gasteiger partial charge >= 0.3 is 0 Å². The smallest absolute Gasteiger partial charge is 0.163 e. The van der Waals surface area contributed by atoms with Crippen LogP contribution in [0.2, 0.25) is 0 Å². The molecule has 0 aliphatic carbocycles. The summed E-state index contributed by atoms with van der Waals surface area (Å²) in [6.45, 7) is 8.45. The lowest BCUT2D eigenvalue weighted by molar-refractivity contribution is 0.533. The second kappa shape index (κ2) is 6.14. The standard InChI is InChI=1S/C19H24N8/c1-12(2)16-4-17(21-10-20-16)26-6-13-8-27(9-14(13)7-26)19-15-5-24-25(3)18(15)22-11-23-19/h4-5,10-14H,6-9H2,1-3H3. The molecule has 2 fully saturated rings. The number of hydrogen-bond donors (Lipinski definition) is 0. The number of rotatable bonds is 3. The minimum atomic E-state index is 0.420. The molecule has 0 aromatic carbocycles. The Bertz CT molecular complexity index is 967. The van der Waals surface area contributed by atoms with Gasteiger partial charge in [0.05, 0.1) is 11.6 Å². The Morgan fingerprint density at radius 1 is 0.926 bits per heavy atom. The van der Waals surface area contributed by atoms with E-state index in [0.717, 1.165) is 54.5 Å². The highest BCUT2D eigenvalue weighted by molar-refractivity contribution is 5.86. The van der Waals surface area contributed by atoms with Gasteiger partial charge < -0.3 is 9.80 Å². The molecule has 5 heterocycles. The summed E-state index contributed by atoms with van der Waals surface area (Å²) >= 11 is 0. The van der Waals surface area contributed by atoms with Crippen molar-refractivity contribution in [2.75, 3.05) is 36.0 Å². The van der Waals surface area contributed by atoms with Gasteiger partial charge in [0.25, 0.3) is 0 Å². The van der Waals surface area contributed by atoms with E-state index in [9.17, 15) is 0 Å². The Balaban J connectivity index is 1.34. The van der Waals surface area contributed by atoms with Gasteiger partial charge in [0.2, 0.25) is 0 Å². The predicted molar refractivity (Wildman–Crippen MR) is 104 cm³/mol. The molecule has 8 nitrogen and oxygen atoms in total. The third-order valence-corrected chi connectivity index (χ3v) is 5.88. The van der Waals surface area contributed by atoms with Crippen LogP contribution in [0.5, 0.6) is 0 Å². The number of hydrogen-bond acceptors (Lipinski definition) is 7. The average molecular weight is 364 g/mol. The highest BCUT2D eigenvalue weighted by atomic mass is 15.3. The third-order valence-electron chi connectivity index (χ3n) is 5.88. The number of anilines is 2. The van der Waals surface area contributed by atoms with Crippen LogP contribution in [0.4, 0.5) is 11.6 Å². The molecule has 140 valence electrons. The fourth-order valence-corrected chi connectivity index (χ4v) is 4.40. The van der Waals surface area contributed by atoms with Crippen molar-refractivity contribution in [3.8, 4) is 0 Å². The van der Waals surface area contributed by atoms with E-state index in [1.165, 1.54) is 0 Å². The van der Waals surface area contributed by atoms with Gasteiger partial charge in [-0.2, -0.15) is 5.10 Å². The molecule has 0 amide bonds. The first kappa shape index (κ1) is 16.4. The maximum absolute atomic E-state index is 4.56. The molecule has 0 spiro atoms. The van der Waals surface area contributed by atoms with Crippen molar-refractivity contribution in [3.63, 3.8) is 0 Å². The van der Waals surface area contributed by atoms with Crippen LogP contribution in [-0.4, -0.2) is 55.9 Å². The normalized spacial score (nSPS) is 22.2. The quantitative estimate of drug-likeness (QED) is 0.702. The van der Waals surface area contributed by atoms with Crippen LogP contribution < -0.4 is 9.80 Å². The van der Waals surface area contributed by atoms with Crippen LogP contribution in [0, 0.1) is 11.8 Å². The highest BCUT2D eigenvalue weighted by Crippen LogP contribution is 2.36. The number of aryl methyl sites for hydroxylation is 1. The first-order valence-corrected chi connectivity index (χ1v) is 9.54. The third kappa shape index (κ3) is 2.70. The molecular weight excluding hydrogens is 340 g/mol. The average Bonchev–Trinajstić information content (AvgIpc) is 3.35. The van der Waals surface area contributed by atoms with Gasteiger partial charge in [-0.05, 0) is 5.92 Å². The minimum absolute atomic E-state index is 0.420. The van der Waals surface area contributed by atoms with Crippen molar-refractivity contribution in [2.45, 2.75) is 19.8 Å². The lowest BCUT2D eigenvalue weighted by atomic mass is 10.0. The van der Waals surface area contributed by atoms with Gasteiger partial charge in [-0.1, -0.05) is 13.8 Å². The molecule has 3 aromatic rings. The highest BCUT2D eigenvalue weighted by Gasteiger charge is 2.41. The summed E-state index contributed by atoms with van der Waals surface area (Å²) in [5.41, 5.74) is 2.00. The fourth-order valence-electron chi connectivity index (χ4n) is 4.40. The Morgan fingerprint density at radius 3 is 2.37 bits per heavy atom. The zero-order chi connectivity index (χ0) is 18.5. The van der Waals surface area contributed by atoms with E-state index < -0.39 is 0 Å². The van der Waals surface area contributed by atoms with E-state index in [1.54, 1.807) is 17.3 Å². The van der Waals surface area contributed by atoms with Crippen LogP contribution >= 0.6 is 0 Å². The zero-order valence-electron chi connectivity index (χ0n) is 15.9. The van der Waals surface area contributed by atoms with E-state index in [0.29, 0.717) is 17.8 Å². The molecule has 0 radical (unpaired) electrons. The summed E-state index contributed by atoms with van der Waals surface area (Å²) in [4.78, 5) is 22.7. The summed E-state index contributed by atoms with van der Waals surface area (Å²) in [5, 5.41) is 5.38. The van der Waals surface area contributed by atoms with Crippen LogP contribution in [-0.2, 0) is 7.05 Å². The Hall–Kier alpha value is -2.77.